The number of carbonyl (C=O) groups excluding carboxylic acids is 1. The highest BCUT2D eigenvalue weighted by atomic mass is 16.5. The molecule has 24 heavy (non-hydrogen) atoms. The van der Waals surface area contributed by atoms with E-state index in [-0.39, 0.29) is 5.91 Å². The van der Waals surface area contributed by atoms with Crippen LogP contribution in [-0.2, 0) is 13.0 Å². The minimum absolute atomic E-state index is 0.0920. The number of imidazole rings is 1. The summed E-state index contributed by atoms with van der Waals surface area (Å²) in [4.78, 5) is 20.7. The molecule has 1 amide bonds. The summed E-state index contributed by atoms with van der Waals surface area (Å²) in [5.74, 6) is 1.56. The molecule has 0 saturated carbocycles. The van der Waals surface area contributed by atoms with E-state index in [4.69, 9.17) is 4.74 Å². The lowest BCUT2D eigenvalue weighted by atomic mass is 10.1. The normalized spacial score (nSPS) is 12.5. The number of carbonyl (C=O) groups is 1. The second-order valence-corrected chi connectivity index (χ2v) is 5.60. The third-order valence-corrected chi connectivity index (χ3v) is 3.98. The number of nitrogens with one attached hydrogen (secondary N) is 1. The van der Waals surface area contributed by atoms with E-state index in [1.165, 1.54) is 0 Å². The van der Waals surface area contributed by atoms with Crippen molar-refractivity contribution in [1.82, 2.24) is 19.9 Å². The number of hydrogen-bond acceptors (Lipinski definition) is 4. The average Bonchev–Trinajstić information content (AvgIpc) is 3.30. The number of aromatic nitrogens is 3. The van der Waals surface area contributed by atoms with E-state index >= 15 is 0 Å². The molecule has 0 bridgehead atoms. The molecule has 1 aliphatic heterocycles. The van der Waals surface area contributed by atoms with Gasteiger partial charge in [-0.3, -0.25) is 9.36 Å². The van der Waals surface area contributed by atoms with E-state index in [1.54, 1.807) is 24.8 Å². The van der Waals surface area contributed by atoms with E-state index in [1.807, 2.05) is 35.0 Å². The van der Waals surface area contributed by atoms with Crippen LogP contribution >= 0.6 is 0 Å². The monoisotopic (exact) mass is 320 g/mol. The maximum Gasteiger partial charge on any atom is 0.251 e. The molecule has 6 heteroatoms. The summed E-state index contributed by atoms with van der Waals surface area (Å²) in [6.07, 6.45) is 7.81. The van der Waals surface area contributed by atoms with Gasteiger partial charge in [0.1, 0.15) is 17.9 Å². The molecular weight excluding hydrogens is 304 g/mol. The van der Waals surface area contributed by atoms with Crippen molar-refractivity contribution in [2.24, 2.45) is 0 Å². The van der Waals surface area contributed by atoms with Crippen molar-refractivity contribution in [3.05, 3.63) is 71.9 Å². The predicted octanol–water partition coefficient (Wildman–Crippen LogP) is 2.13. The Bertz CT molecular complexity index is 874. The van der Waals surface area contributed by atoms with Crippen LogP contribution in [0.4, 0.5) is 0 Å². The topological polar surface area (TPSA) is 69.0 Å². The Labute approximate surface area is 139 Å². The van der Waals surface area contributed by atoms with Crippen LogP contribution in [-0.4, -0.2) is 27.0 Å². The smallest absolute Gasteiger partial charge is 0.251 e. The van der Waals surface area contributed by atoms with Gasteiger partial charge in [-0.15, -0.1) is 0 Å². The van der Waals surface area contributed by atoms with Crippen molar-refractivity contribution in [2.45, 2.75) is 13.0 Å². The predicted molar refractivity (Wildman–Crippen MR) is 88.2 cm³/mol. The number of benzene rings is 1. The summed E-state index contributed by atoms with van der Waals surface area (Å²) in [5.41, 5.74) is 2.73. The highest BCUT2D eigenvalue weighted by Crippen LogP contribution is 2.25. The first kappa shape index (κ1) is 14.4. The van der Waals surface area contributed by atoms with Gasteiger partial charge in [0.2, 0.25) is 0 Å². The third-order valence-electron chi connectivity index (χ3n) is 3.98. The Hall–Kier alpha value is -3.15. The van der Waals surface area contributed by atoms with Crippen LogP contribution in [0.5, 0.6) is 5.75 Å². The summed E-state index contributed by atoms with van der Waals surface area (Å²) in [7, 11) is 0. The standard InChI is InChI=1S/C18H16N4O2/c23-18(15-1-2-16-14(10-15)4-8-24-16)21-11-13-3-5-20-17(9-13)22-7-6-19-12-22/h1-3,5-7,9-10,12H,4,8,11H2,(H,21,23). The Morgan fingerprint density at radius 1 is 1.25 bits per heavy atom. The van der Waals surface area contributed by atoms with Gasteiger partial charge >= 0.3 is 0 Å². The molecule has 0 spiro atoms. The lowest BCUT2D eigenvalue weighted by molar-refractivity contribution is 0.0951. The fourth-order valence-corrected chi connectivity index (χ4v) is 2.72. The molecule has 0 saturated heterocycles. The number of ether oxygens (including phenoxy) is 1. The Morgan fingerprint density at radius 3 is 3.08 bits per heavy atom. The lowest BCUT2D eigenvalue weighted by Crippen LogP contribution is -2.23. The number of amides is 1. The van der Waals surface area contributed by atoms with E-state index in [2.05, 4.69) is 15.3 Å². The van der Waals surface area contributed by atoms with Gasteiger partial charge in [0.05, 0.1) is 6.61 Å². The van der Waals surface area contributed by atoms with Gasteiger partial charge in [-0.1, -0.05) is 0 Å². The maximum absolute atomic E-state index is 12.3. The molecule has 1 aliphatic rings. The number of rotatable bonds is 4. The number of hydrogen-bond donors (Lipinski definition) is 1. The minimum Gasteiger partial charge on any atom is -0.493 e. The van der Waals surface area contributed by atoms with E-state index < -0.39 is 0 Å². The summed E-state index contributed by atoms with van der Waals surface area (Å²) in [5, 5.41) is 2.95. The number of pyridine rings is 1. The van der Waals surface area contributed by atoms with E-state index in [9.17, 15) is 4.79 Å². The lowest BCUT2D eigenvalue weighted by Gasteiger charge is -2.08. The quantitative estimate of drug-likeness (QED) is 0.799. The van der Waals surface area contributed by atoms with Gasteiger partial charge < -0.3 is 10.1 Å². The van der Waals surface area contributed by atoms with Gasteiger partial charge in [0, 0.05) is 37.1 Å². The molecule has 1 aromatic carbocycles. The molecule has 2 aromatic heterocycles. The maximum atomic E-state index is 12.3. The molecule has 0 fully saturated rings. The van der Waals surface area contributed by atoms with Gasteiger partial charge in [-0.2, -0.15) is 0 Å². The van der Waals surface area contributed by atoms with E-state index in [0.29, 0.717) is 18.7 Å². The molecule has 4 rings (SSSR count). The highest BCUT2D eigenvalue weighted by Gasteiger charge is 2.14. The molecule has 120 valence electrons. The second-order valence-electron chi connectivity index (χ2n) is 5.60. The average molecular weight is 320 g/mol. The van der Waals surface area contributed by atoms with Crippen LogP contribution in [0.3, 0.4) is 0 Å². The zero-order chi connectivity index (χ0) is 16.4. The second kappa shape index (κ2) is 6.16. The van der Waals surface area contributed by atoms with Crippen molar-refractivity contribution in [3.8, 4) is 11.6 Å². The van der Waals surface area contributed by atoms with Crippen LogP contribution in [0.1, 0.15) is 21.5 Å². The fourth-order valence-electron chi connectivity index (χ4n) is 2.72. The van der Waals surface area contributed by atoms with Crippen LogP contribution in [0, 0.1) is 0 Å². The number of fused-ring (bicyclic) bond motifs is 1. The molecule has 3 aromatic rings. The van der Waals surface area contributed by atoms with Crippen LogP contribution in [0.25, 0.3) is 5.82 Å². The molecule has 6 nitrogen and oxygen atoms in total. The van der Waals surface area contributed by atoms with Crippen LogP contribution < -0.4 is 10.1 Å². The van der Waals surface area contributed by atoms with Crippen molar-refractivity contribution in [3.63, 3.8) is 0 Å². The van der Waals surface area contributed by atoms with E-state index in [0.717, 1.165) is 29.1 Å². The zero-order valence-corrected chi connectivity index (χ0v) is 13.0. The van der Waals surface area contributed by atoms with Crippen molar-refractivity contribution in [2.75, 3.05) is 6.61 Å². The SMILES string of the molecule is O=C(NCc1ccnc(-n2ccnc2)c1)c1ccc2c(c1)CCO2. The Kier molecular flexibility index (Phi) is 3.70. The van der Waals surface area contributed by atoms with Crippen molar-refractivity contribution >= 4 is 5.91 Å². The van der Waals surface area contributed by atoms with Crippen LogP contribution in [0.2, 0.25) is 0 Å². The van der Waals surface area contributed by atoms with Gasteiger partial charge in [-0.05, 0) is 41.5 Å². The molecule has 0 radical (unpaired) electrons. The zero-order valence-electron chi connectivity index (χ0n) is 13.0. The molecule has 0 atom stereocenters. The number of nitrogens with zero attached hydrogens (tertiary/aromatic N) is 3. The first-order valence-corrected chi connectivity index (χ1v) is 7.77. The first-order valence-electron chi connectivity index (χ1n) is 7.77. The van der Waals surface area contributed by atoms with Gasteiger partial charge in [-0.25, -0.2) is 9.97 Å². The summed E-state index contributed by atoms with van der Waals surface area (Å²) < 4.78 is 7.29. The minimum atomic E-state index is -0.0920. The molecule has 0 unspecified atom stereocenters. The molecule has 0 aliphatic carbocycles. The summed E-state index contributed by atoms with van der Waals surface area (Å²) in [6, 6.07) is 9.38. The van der Waals surface area contributed by atoms with Crippen molar-refractivity contribution in [1.29, 1.82) is 0 Å². The highest BCUT2D eigenvalue weighted by molar-refractivity contribution is 5.94. The first-order chi connectivity index (χ1) is 11.8. The Morgan fingerprint density at radius 2 is 2.21 bits per heavy atom. The third kappa shape index (κ3) is 2.86. The molecule has 1 N–H and O–H groups in total. The van der Waals surface area contributed by atoms with Gasteiger partial charge in [0.25, 0.3) is 5.91 Å². The molecule has 3 heterocycles. The van der Waals surface area contributed by atoms with Crippen LogP contribution in [0.15, 0.2) is 55.2 Å². The Balaban J connectivity index is 1.45. The fraction of sp³-hybridized carbons (Fsp3) is 0.167. The largest absolute Gasteiger partial charge is 0.493 e. The van der Waals surface area contributed by atoms with Crippen molar-refractivity contribution < 1.29 is 9.53 Å². The molecular formula is C18H16N4O2. The van der Waals surface area contributed by atoms with Gasteiger partial charge in [0.15, 0.2) is 0 Å². The summed E-state index contributed by atoms with van der Waals surface area (Å²) in [6.45, 7) is 1.13. The summed E-state index contributed by atoms with van der Waals surface area (Å²) >= 11 is 0.